The molecule has 1 aromatic carbocycles. The lowest BCUT2D eigenvalue weighted by atomic mass is 10.0. The molecule has 1 unspecified atom stereocenters. The van der Waals surface area contributed by atoms with Crippen LogP contribution in [0.15, 0.2) is 18.2 Å². The highest BCUT2D eigenvalue weighted by Crippen LogP contribution is 2.29. The zero-order chi connectivity index (χ0) is 14.4. The predicted octanol–water partition coefficient (Wildman–Crippen LogP) is 3.34. The summed E-state index contributed by atoms with van der Waals surface area (Å²) in [5.41, 5.74) is 2.06. The lowest BCUT2D eigenvalue weighted by molar-refractivity contribution is -0.141. The highest BCUT2D eigenvalue weighted by atomic mass is 16.5. The monoisotopic (exact) mass is 265 g/mol. The van der Waals surface area contributed by atoms with E-state index < -0.39 is 5.97 Å². The van der Waals surface area contributed by atoms with Crippen LogP contribution in [0.5, 0.6) is 5.75 Å². The molecule has 4 nitrogen and oxygen atoms in total. The second-order valence-corrected chi connectivity index (χ2v) is 4.94. The van der Waals surface area contributed by atoms with Crippen LogP contribution in [0.25, 0.3) is 0 Å². The van der Waals surface area contributed by atoms with Gasteiger partial charge in [-0.2, -0.15) is 0 Å². The van der Waals surface area contributed by atoms with E-state index >= 15 is 0 Å². The molecule has 0 bridgehead atoms. The number of anilines is 1. The Balaban J connectivity index is 2.79. The van der Waals surface area contributed by atoms with Gasteiger partial charge in [-0.1, -0.05) is 20.8 Å². The van der Waals surface area contributed by atoms with Crippen molar-refractivity contribution in [2.24, 2.45) is 5.92 Å². The minimum Gasteiger partial charge on any atom is -0.496 e. The van der Waals surface area contributed by atoms with Crippen molar-refractivity contribution in [1.29, 1.82) is 0 Å². The minimum atomic E-state index is -0.757. The van der Waals surface area contributed by atoms with Crippen molar-refractivity contribution in [2.75, 3.05) is 19.0 Å². The number of hydrogen-bond acceptors (Lipinski definition) is 3. The number of benzene rings is 1. The van der Waals surface area contributed by atoms with Gasteiger partial charge in [0.2, 0.25) is 0 Å². The maximum Gasteiger partial charge on any atom is 0.308 e. The van der Waals surface area contributed by atoms with Crippen LogP contribution in [0.4, 0.5) is 5.69 Å². The number of rotatable bonds is 7. The van der Waals surface area contributed by atoms with Crippen molar-refractivity contribution < 1.29 is 14.6 Å². The number of nitrogens with one attached hydrogen (secondary N) is 1. The Bertz CT molecular complexity index is 429. The maximum absolute atomic E-state index is 11.0. The Kier molecular flexibility index (Phi) is 5.67. The highest BCUT2D eigenvalue weighted by molar-refractivity contribution is 5.70. The lowest BCUT2D eigenvalue weighted by Crippen LogP contribution is -2.22. The van der Waals surface area contributed by atoms with Crippen molar-refractivity contribution in [2.45, 2.75) is 33.1 Å². The molecule has 1 rings (SSSR count). The summed E-state index contributed by atoms with van der Waals surface area (Å²) in [5, 5.41) is 12.2. The molecule has 1 atom stereocenters. The first-order valence-electron chi connectivity index (χ1n) is 6.64. The van der Waals surface area contributed by atoms with Gasteiger partial charge >= 0.3 is 5.97 Å². The Labute approximate surface area is 114 Å². The Hall–Kier alpha value is -1.71. The van der Waals surface area contributed by atoms with Crippen LogP contribution >= 0.6 is 0 Å². The second-order valence-electron chi connectivity index (χ2n) is 4.94. The number of ether oxygens (including phenoxy) is 1. The van der Waals surface area contributed by atoms with Gasteiger partial charge in [0.25, 0.3) is 0 Å². The summed E-state index contributed by atoms with van der Waals surface area (Å²) in [6, 6.07) is 5.86. The molecule has 0 fully saturated rings. The highest BCUT2D eigenvalue weighted by Gasteiger charge is 2.15. The van der Waals surface area contributed by atoms with Crippen LogP contribution in [0, 0.1) is 5.92 Å². The van der Waals surface area contributed by atoms with Crippen molar-refractivity contribution in [3.8, 4) is 5.75 Å². The van der Waals surface area contributed by atoms with Crippen LogP contribution in [0.3, 0.4) is 0 Å². The molecule has 0 aliphatic rings. The van der Waals surface area contributed by atoms with Crippen molar-refractivity contribution in [3.05, 3.63) is 23.8 Å². The fourth-order valence-electron chi connectivity index (χ4n) is 1.94. The van der Waals surface area contributed by atoms with Gasteiger partial charge in [-0.05, 0) is 36.1 Å². The Morgan fingerprint density at radius 1 is 1.42 bits per heavy atom. The third kappa shape index (κ3) is 4.16. The van der Waals surface area contributed by atoms with E-state index in [2.05, 4.69) is 19.2 Å². The number of aliphatic carboxylic acids is 1. The molecule has 0 spiro atoms. The number of carboxylic acids is 1. The van der Waals surface area contributed by atoms with Gasteiger partial charge in [-0.25, -0.2) is 0 Å². The topological polar surface area (TPSA) is 58.6 Å². The van der Waals surface area contributed by atoms with Crippen molar-refractivity contribution in [3.63, 3.8) is 0 Å². The summed E-state index contributed by atoms with van der Waals surface area (Å²) in [7, 11) is 1.66. The van der Waals surface area contributed by atoms with E-state index in [4.69, 9.17) is 9.84 Å². The fourth-order valence-corrected chi connectivity index (χ4v) is 1.94. The van der Waals surface area contributed by atoms with Crippen LogP contribution in [-0.2, 0) is 4.79 Å². The third-order valence-electron chi connectivity index (χ3n) is 3.25. The molecule has 1 aromatic rings. The first kappa shape index (κ1) is 15.3. The molecular weight excluding hydrogens is 242 g/mol. The summed E-state index contributed by atoms with van der Waals surface area (Å²) in [4.78, 5) is 11.0. The molecule has 0 saturated heterocycles. The van der Waals surface area contributed by atoms with Crippen molar-refractivity contribution in [1.82, 2.24) is 0 Å². The lowest BCUT2D eigenvalue weighted by Gasteiger charge is -2.16. The molecule has 0 amide bonds. The second kappa shape index (κ2) is 7.02. The molecular formula is C15H23NO3. The molecule has 0 aliphatic carbocycles. The summed E-state index contributed by atoms with van der Waals surface area (Å²) in [6.07, 6.45) is 0.621. The zero-order valence-electron chi connectivity index (χ0n) is 12.1. The molecule has 19 heavy (non-hydrogen) atoms. The molecule has 0 aromatic heterocycles. The van der Waals surface area contributed by atoms with E-state index in [0.717, 1.165) is 17.0 Å². The van der Waals surface area contributed by atoms with E-state index in [1.165, 1.54) is 0 Å². The minimum absolute atomic E-state index is 0.357. The SMILES string of the molecule is CCC(CNc1ccc(OC)c(C(C)C)c1)C(=O)O. The van der Waals surface area contributed by atoms with Gasteiger partial charge in [0.05, 0.1) is 13.0 Å². The number of hydrogen-bond donors (Lipinski definition) is 2. The Morgan fingerprint density at radius 2 is 2.11 bits per heavy atom. The first-order valence-corrected chi connectivity index (χ1v) is 6.64. The van der Waals surface area contributed by atoms with E-state index in [1.807, 2.05) is 25.1 Å². The van der Waals surface area contributed by atoms with Gasteiger partial charge in [-0.3, -0.25) is 4.79 Å². The van der Waals surface area contributed by atoms with E-state index in [-0.39, 0.29) is 5.92 Å². The molecule has 0 radical (unpaired) electrons. The Morgan fingerprint density at radius 3 is 2.58 bits per heavy atom. The number of carboxylic acid groups (broad SMARTS) is 1. The van der Waals surface area contributed by atoms with Gasteiger partial charge in [-0.15, -0.1) is 0 Å². The van der Waals surface area contributed by atoms with Gasteiger partial charge < -0.3 is 15.2 Å². The fraction of sp³-hybridized carbons (Fsp3) is 0.533. The van der Waals surface area contributed by atoms with Gasteiger partial charge in [0.1, 0.15) is 5.75 Å². The average Bonchev–Trinajstić information content (AvgIpc) is 2.38. The smallest absolute Gasteiger partial charge is 0.308 e. The van der Waals surface area contributed by atoms with Gasteiger partial charge in [0, 0.05) is 12.2 Å². The van der Waals surface area contributed by atoms with E-state index in [0.29, 0.717) is 18.9 Å². The summed E-state index contributed by atoms with van der Waals surface area (Å²) >= 11 is 0. The maximum atomic E-state index is 11.0. The van der Waals surface area contributed by atoms with E-state index in [9.17, 15) is 4.79 Å². The summed E-state index contributed by atoms with van der Waals surface area (Å²) in [5.74, 6) is 0.112. The van der Waals surface area contributed by atoms with Crippen molar-refractivity contribution >= 4 is 11.7 Å². The largest absolute Gasteiger partial charge is 0.496 e. The van der Waals surface area contributed by atoms with Crippen LogP contribution in [0.2, 0.25) is 0 Å². The van der Waals surface area contributed by atoms with Crippen LogP contribution in [0.1, 0.15) is 38.7 Å². The quantitative estimate of drug-likeness (QED) is 0.794. The molecule has 0 saturated carbocycles. The summed E-state index contributed by atoms with van der Waals surface area (Å²) < 4.78 is 5.32. The molecule has 2 N–H and O–H groups in total. The van der Waals surface area contributed by atoms with Gasteiger partial charge in [0.15, 0.2) is 0 Å². The third-order valence-corrected chi connectivity index (χ3v) is 3.25. The first-order chi connectivity index (χ1) is 8.99. The summed E-state index contributed by atoms with van der Waals surface area (Å²) in [6.45, 7) is 6.53. The molecule has 106 valence electrons. The average molecular weight is 265 g/mol. The van der Waals surface area contributed by atoms with Crippen LogP contribution < -0.4 is 10.1 Å². The molecule has 0 heterocycles. The normalized spacial score (nSPS) is 12.3. The number of carbonyl (C=O) groups is 1. The zero-order valence-corrected chi connectivity index (χ0v) is 12.1. The van der Waals surface area contributed by atoms with E-state index in [1.54, 1.807) is 7.11 Å². The standard InChI is InChI=1S/C15H23NO3/c1-5-11(15(17)18)9-16-12-6-7-14(19-4)13(8-12)10(2)3/h6-8,10-11,16H,5,9H2,1-4H3,(H,17,18). The van der Waals surface area contributed by atoms with Crippen LogP contribution in [-0.4, -0.2) is 24.7 Å². The number of methoxy groups -OCH3 is 1. The predicted molar refractivity (Wildman–Crippen MR) is 77.0 cm³/mol. The molecule has 4 heteroatoms. The molecule has 0 aliphatic heterocycles.